The molecule has 96 valence electrons. The van der Waals surface area contributed by atoms with E-state index in [0.29, 0.717) is 12.6 Å². The molecular formula is C12H25ClN2O. The van der Waals surface area contributed by atoms with E-state index in [1.807, 2.05) is 0 Å². The Labute approximate surface area is 105 Å². The lowest BCUT2D eigenvalue weighted by atomic mass is 9.79. The zero-order chi connectivity index (χ0) is 11.3. The van der Waals surface area contributed by atoms with Gasteiger partial charge in [-0.2, -0.15) is 0 Å². The number of hydrogen-bond acceptors (Lipinski definition) is 2. The standard InChI is InChI=1S/C12H24N2O.ClH/c1-9(2)10-5-4-6-11(7-10)14-12(15)8-13-3;/h9-11,13H,4-8H2,1-3H3,(H,14,15);1H. The molecule has 0 radical (unpaired) electrons. The van der Waals surface area contributed by atoms with Crippen molar-refractivity contribution in [3.63, 3.8) is 0 Å². The molecule has 0 spiro atoms. The van der Waals surface area contributed by atoms with Crippen LogP contribution < -0.4 is 10.6 Å². The van der Waals surface area contributed by atoms with Crippen molar-refractivity contribution >= 4 is 18.3 Å². The number of carbonyl (C=O) groups excluding carboxylic acids is 1. The van der Waals surface area contributed by atoms with E-state index < -0.39 is 0 Å². The zero-order valence-electron chi connectivity index (χ0n) is 10.6. The Balaban J connectivity index is 0.00000225. The molecule has 2 unspecified atom stereocenters. The number of nitrogens with one attached hydrogen (secondary N) is 2. The molecule has 1 aliphatic rings. The molecule has 2 N–H and O–H groups in total. The van der Waals surface area contributed by atoms with E-state index in [4.69, 9.17) is 0 Å². The van der Waals surface area contributed by atoms with Gasteiger partial charge in [-0.3, -0.25) is 4.79 Å². The van der Waals surface area contributed by atoms with Crippen LogP contribution in [0, 0.1) is 11.8 Å². The minimum absolute atomic E-state index is 0. The van der Waals surface area contributed by atoms with E-state index in [9.17, 15) is 4.79 Å². The number of rotatable bonds is 4. The fourth-order valence-electron chi connectivity index (χ4n) is 2.40. The fourth-order valence-corrected chi connectivity index (χ4v) is 2.40. The molecule has 1 aliphatic carbocycles. The molecule has 0 aromatic heterocycles. The molecule has 2 atom stereocenters. The summed E-state index contributed by atoms with van der Waals surface area (Å²) in [5.74, 6) is 1.67. The molecular weight excluding hydrogens is 224 g/mol. The second-order valence-electron chi connectivity index (χ2n) is 4.97. The molecule has 1 amide bonds. The lowest BCUT2D eigenvalue weighted by Crippen LogP contribution is -2.42. The fraction of sp³-hybridized carbons (Fsp3) is 0.917. The van der Waals surface area contributed by atoms with Gasteiger partial charge in [-0.05, 0) is 31.7 Å². The molecule has 0 saturated heterocycles. The Kier molecular flexibility index (Phi) is 7.77. The molecule has 1 fully saturated rings. The highest BCUT2D eigenvalue weighted by Crippen LogP contribution is 2.29. The van der Waals surface area contributed by atoms with Crippen molar-refractivity contribution in [1.29, 1.82) is 0 Å². The van der Waals surface area contributed by atoms with Crippen LogP contribution in [-0.4, -0.2) is 25.5 Å². The number of hydrogen-bond donors (Lipinski definition) is 2. The lowest BCUT2D eigenvalue weighted by Gasteiger charge is -2.32. The topological polar surface area (TPSA) is 41.1 Å². The minimum Gasteiger partial charge on any atom is -0.352 e. The van der Waals surface area contributed by atoms with E-state index in [1.54, 1.807) is 7.05 Å². The first-order valence-electron chi connectivity index (χ1n) is 6.07. The van der Waals surface area contributed by atoms with Crippen LogP contribution in [0.4, 0.5) is 0 Å². The highest BCUT2D eigenvalue weighted by atomic mass is 35.5. The van der Waals surface area contributed by atoms with E-state index in [2.05, 4.69) is 24.5 Å². The van der Waals surface area contributed by atoms with E-state index in [0.717, 1.165) is 24.7 Å². The number of likely N-dealkylation sites (N-methyl/N-ethyl adjacent to an activating group) is 1. The summed E-state index contributed by atoms with van der Waals surface area (Å²) in [6.45, 7) is 4.99. The van der Waals surface area contributed by atoms with Gasteiger partial charge < -0.3 is 10.6 Å². The number of carbonyl (C=O) groups is 1. The van der Waals surface area contributed by atoms with Gasteiger partial charge in [0.25, 0.3) is 0 Å². The van der Waals surface area contributed by atoms with E-state index in [-0.39, 0.29) is 18.3 Å². The second kappa shape index (κ2) is 7.91. The maximum absolute atomic E-state index is 11.4. The Morgan fingerprint density at radius 3 is 2.62 bits per heavy atom. The molecule has 0 aliphatic heterocycles. The Bertz CT molecular complexity index is 209. The van der Waals surface area contributed by atoms with Crippen LogP contribution in [0.5, 0.6) is 0 Å². The van der Waals surface area contributed by atoms with Gasteiger partial charge in [-0.15, -0.1) is 12.4 Å². The van der Waals surface area contributed by atoms with Crippen LogP contribution in [-0.2, 0) is 4.79 Å². The molecule has 16 heavy (non-hydrogen) atoms. The van der Waals surface area contributed by atoms with Crippen molar-refractivity contribution in [1.82, 2.24) is 10.6 Å². The maximum atomic E-state index is 11.4. The van der Waals surface area contributed by atoms with Gasteiger partial charge >= 0.3 is 0 Å². The quantitative estimate of drug-likeness (QED) is 0.799. The molecule has 0 aromatic carbocycles. The Morgan fingerprint density at radius 1 is 1.38 bits per heavy atom. The Hall–Kier alpha value is -0.280. The van der Waals surface area contributed by atoms with Crippen LogP contribution in [0.2, 0.25) is 0 Å². The largest absolute Gasteiger partial charge is 0.352 e. The first kappa shape index (κ1) is 15.7. The summed E-state index contributed by atoms with van der Waals surface area (Å²) < 4.78 is 0. The van der Waals surface area contributed by atoms with Crippen molar-refractivity contribution in [2.45, 2.75) is 45.6 Å². The molecule has 3 nitrogen and oxygen atoms in total. The van der Waals surface area contributed by atoms with Crippen LogP contribution in [0.3, 0.4) is 0 Å². The second-order valence-corrected chi connectivity index (χ2v) is 4.97. The monoisotopic (exact) mass is 248 g/mol. The van der Waals surface area contributed by atoms with Crippen LogP contribution in [0.1, 0.15) is 39.5 Å². The number of amides is 1. The summed E-state index contributed by atoms with van der Waals surface area (Å²) in [4.78, 5) is 11.4. The van der Waals surface area contributed by atoms with Gasteiger partial charge in [0, 0.05) is 6.04 Å². The average molecular weight is 249 g/mol. The maximum Gasteiger partial charge on any atom is 0.234 e. The van der Waals surface area contributed by atoms with Gasteiger partial charge in [-0.25, -0.2) is 0 Å². The minimum atomic E-state index is 0. The van der Waals surface area contributed by atoms with Gasteiger partial charge in [0.15, 0.2) is 0 Å². The first-order chi connectivity index (χ1) is 7.13. The average Bonchev–Trinajstić information content (AvgIpc) is 2.18. The highest BCUT2D eigenvalue weighted by Gasteiger charge is 2.24. The van der Waals surface area contributed by atoms with Crippen molar-refractivity contribution in [3.8, 4) is 0 Å². The molecule has 4 heteroatoms. The molecule has 0 aromatic rings. The molecule has 0 bridgehead atoms. The van der Waals surface area contributed by atoms with Crippen molar-refractivity contribution in [2.24, 2.45) is 11.8 Å². The molecule has 1 rings (SSSR count). The lowest BCUT2D eigenvalue weighted by molar-refractivity contribution is -0.121. The predicted octanol–water partition coefficient (Wildman–Crippen LogP) is 1.96. The smallest absolute Gasteiger partial charge is 0.234 e. The van der Waals surface area contributed by atoms with Crippen molar-refractivity contribution < 1.29 is 4.79 Å². The Morgan fingerprint density at radius 2 is 2.06 bits per heavy atom. The van der Waals surface area contributed by atoms with Gasteiger partial charge in [0.05, 0.1) is 6.54 Å². The number of halogens is 1. The molecule has 0 heterocycles. The molecule has 1 saturated carbocycles. The summed E-state index contributed by atoms with van der Waals surface area (Å²) in [6, 6.07) is 0.409. The highest BCUT2D eigenvalue weighted by molar-refractivity contribution is 5.85. The predicted molar refractivity (Wildman–Crippen MR) is 69.9 cm³/mol. The normalized spacial score (nSPS) is 25.0. The van der Waals surface area contributed by atoms with E-state index >= 15 is 0 Å². The summed E-state index contributed by atoms with van der Waals surface area (Å²) in [5, 5.41) is 5.98. The summed E-state index contributed by atoms with van der Waals surface area (Å²) in [7, 11) is 1.80. The third-order valence-corrected chi connectivity index (χ3v) is 3.36. The van der Waals surface area contributed by atoms with Crippen molar-refractivity contribution in [3.05, 3.63) is 0 Å². The summed E-state index contributed by atoms with van der Waals surface area (Å²) in [6.07, 6.45) is 4.90. The van der Waals surface area contributed by atoms with E-state index in [1.165, 1.54) is 12.8 Å². The van der Waals surface area contributed by atoms with Crippen LogP contribution >= 0.6 is 12.4 Å². The third kappa shape index (κ3) is 5.17. The van der Waals surface area contributed by atoms with Crippen LogP contribution in [0.15, 0.2) is 0 Å². The summed E-state index contributed by atoms with van der Waals surface area (Å²) in [5.41, 5.74) is 0. The SMILES string of the molecule is CNCC(=O)NC1CCCC(C(C)C)C1.Cl. The first-order valence-corrected chi connectivity index (χ1v) is 6.07. The summed E-state index contributed by atoms with van der Waals surface area (Å²) >= 11 is 0. The van der Waals surface area contributed by atoms with Gasteiger partial charge in [0.2, 0.25) is 5.91 Å². The van der Waals surface area contributed by atoms with Gasteiger partial charge in [-0.1, -0.05) is 26.7 Å². The zero-order valence-corrected chi connectivity index (χ0v) is 11.4. The van der Waals surface area contributed by atoms with Gasteiger partial charge in [0.1, 0.15) is 0 Å². The van der Waals surface area contributed by atoms with Crippen LogP contribution in [0.25, 0.3) is 0 Å². The third-order valence-electron chi connectivity index (χ3n) is 3.36. The van der Waals surface area contributed by atoms with Crippen molar-refractivity contribution in [2.75, 3.05) is 13.6 Å².